The van der Waals surface area contributed by atoms with Gasteiger partial charge in [-0.2, -0.15) is 0 Å². The average molecular weight is 219 g/mol. The first-order chi connectivity index (χ1) is 7.67. The summed E-state index contributed by atoms with van der Waals surface area (Å²) >= 11 is 0. The maximum absolute atomic E-state index is 9.05. The standard InChI is InChI=1S/C14H21NO/c1-4-6-11(2)12(3)15-14-8-5-7-13(9-14)10-16/h4-5,7-9,11-12,15-16H,1,6,10H2,2-3H3/t11-,12+/m1/s1. The molecule has 0 heterocycles. The zero-order chi connectivity index (χ0) is 12.0. The predicted octanol–water partition coefficient (Wildman–Crippen LogP) is 3.19. The SMILES string of the molecule is C=CC[C@@H](C)[C@H](C)Nc1cccc(CO)c1. The maximum atomic E-state index is 9.05. The van der Waals surface area contributed by atoms with Gasteiger partial charge < -0.3 is 10.4 Å². The molecule has 88 valence electrons. The van der Waals surface area contributed by atoms with E-state index in [-0.39, 0.29) is 6.61 Å². The van der Waals surface area contributed by atoms with Crippen molar-refractivity contribution >= 4 is 5.69 Å². The van der Waals surface area contributed by atoms with Crippen molar-refractivity contribution in [3.05, 3.63) is 42.5 Å². The highest BCUT2D eigenvalue weighted by Gasteiger charge is 2.10. The first-order valence-electron chi connectivity index (χ1n) is 5.74. The summed E-state index contributed by atoms with van der Waals surface area (Å²) in [6, 6.07) is 8.28. The molecule has 0 unspecified atom stereocenters. The van der Waals surface area contributed by atoms with E-state index in [4.69, 9.17) is 5.11 Å². The van der Waals surface area contributed by atoms with Crippen molar-refractivity contribution in [2.24, 2.45) is 5.92 Å². The number of hydrogen-bond donors (Lipinski definition) is 2. The Kier molecular flexibility index (Phi) is 5.06. The number of aliphatic hydroxyl groups is 1. The van der Waals surface area contributed by atoms with Crippen LogP contribution in [-0.2, 0) is 6.61 Å². The molecular weight excluding hydrogens is 198 g/mol. The molecule has 2 atom stereocenters. The molecule has 0 amide bonds. The van der Waals surface area contributed by atoms with Crippen LogP contribution in [0.15, 0.2) is 36.9 Å². The minimum atomic E-state index is 0.0894. The van der Waals surface area contributed by atoms with Crippen LogP contribution in [0.4, 0.5) is 5.69 Å². The summed E-state index contributed by atoms with van der Waals surface area (Å²) in [5.41, 5.74) is 2.00. The van der Waals surface area contributed by atoms with E-state index in [2.05, 4.69) is 25.7 Å². The minimum Gasteiger partial charge on any atom is -0.392 e. The summed E-state index contributed by atoms with van der Waals surface area (Å²) in [5, 5.41) is 12.5. The number of allylic oxidation sites excluding steroid dienone is 1. The van der Waals surface area contributed by atoms with Crippen molar-refractivity contribution in [1.29, 1.82) is 0 Å². The van der Waals surface area contributed by atoms with Gasteiger partial charge in [0.25, 0.3) is 0 Å². The van der Waals surface area contributed by atoms with Crippen LogP contribution in [0.25, 0.3) is 0 Å². The average Bonchev–Trinajstić information content (AvgIpc) is 2.29. The molecule has 1 aromatic carbocycles. The topological polar surface area (TPSA) is 32.3 Å². The smallest absolute Gasteiger partial charge is 0.0682 e. The van der Waals surface area contributed by atoms with Gasteiger partial charge in [-0.3, -0.25) is 0 Å². The second kappa shape index (κ2) is 6.33. The first-order valence-corrected chi connectivity index (χ1v) is 5.74. The van der Waals surface area contributed by atoms with Crippen LogP contribution in [0.3, 0.4) is 0 Å². The Labute approximate surface area is 98.0 Å². The molecule has 0 saturated heterocycles. The summed E-state index contributed by atoms with van der Waals surface area (Å²) in [4.78, 5) is 0. The van der Waals surface area contributed by atoms with Crippen molar-refractivity contribution in [3.63, 3.8) is 0 Å². The Morgan fingerprint density at radius 1 is 1.44 bits per heavy atom. The fraction of sp³-hybridized carbons (Fsp3) is 0.429. The Bertz CT molecular complexity index is 335. The normalized spacial score (nSPS) is 14.2. The molecule has 0 aromatic heterocycles. The molecule has 0 aliphatic heterocycles. The summed E-state index contributed by atoms with van der Waals surface area (Å²) in [6.07, 6.45) is 2.96. The molecule has 1 aromatic rings. The Morgan fingerprint density at radius 3 is 2.81 bits per heavy atom. The zero-order valence-corrected chi connectivity index (χ0v) is 10.1. The molecule has 16 heavy (non-hydrogen) atoms. The van der Waals surface area contributed by atoms with Gasteiger partial charge in [0.2, 0.25) is 0 Å². The molecule has 0 aliphatic rings. The van der Waals surface area contributed by atoms with E-state index < -0.39 is 0 Å². The van der Waals surface area contributed by atoms with E-state index >= 15 is 0 Å². The summed E-state index contributed by atoms with van der Waals surface area (Å²) in [6.45, 7) is 8.22. The fourth-order valence-corrected chi connectivity index (χ4v) is 1.63. The van der Waals surface area contributed by atoms with Crippen LogP contribution in [-0.4, -0.2) is 11.1 Å². The summed E-state index contributed by atoms with van der Waals surface area (Å²) < 4.78 is 0. The van der Waals surface area contributed by atoms with Crippen LogP contribution in [0, 0.1) is 5.92 Å². The predicted molar refractivity (Wildman–Crippen MR) is 69.4 cm³/mol. The van der Waals surface area contributed by atoms with E-state index in [9.17, 15) is 0 Å². The van der Waals surface area contributed by atoms with Gasteiger partial charge >= 0.3 is 0 Å². The van der Waals surface area contributed by atoms with Crippen LogP contribution in [0.2, 0.25) is 0 Å². The van der Waals surface area contributed by atoms with Crippen LogP contribution in [0.5, 0.6) is 0 Å². The molecule has 0 radical (unpaired) electrons. The number of hydrogen-bond acceptors (Lipinski definition) is 2. The number of anilines is 1. The highest BCUT2D eigenvalue weighted by Crippen LogP contribution is 2.16. The van der Waals surface area contributed by atoms with Crippen LogP contribution >= 0.6 is 0 Å². The lowest BCUT2D eigenvalue weighted by molar-refractivity contribution is 0.282. The Morgan fingerprint density at radius 2 is 2.19 bits per heavy atom. The number of benzene rings is 1. The maximum Gasteiger partial charge on any atom is 0.0682 e. The highest BCUT2D eigenvalue weighted by atomic mass is 16.3. The molecule has 0 fully saturated rings. The highest BCUT2D eigenvalue weighted by molar-refractivity contribution is 5.46. The second-order valence-electron chi connectivity index (χ2n) is 4.29. The third-order valence-electron chi connectivity index (χ3n) is 2.90. The van der Waals surface area contributed by atoms with E-state index in [1.807, 2.05) is 30.3 Å². The molecule has 1 rings (SSSR count). The second-order valence-corrected chi connectivity index (χ2v) is 4.29. The van der Waals surface area contributed by atoms with Gasteiger partial charge in [0, 0.05) is 11.7 Å². The van der Waals surface area contributed by atoms with Crippen LogP contribution < -0.4 is 5.32 Å². The van der Waals surface area contributed by atoms with Gasteiger partial charge in [0.15, 0.2) is 0 Å². The summed E-state index contributed by atoms with van der Waals surface area (Å²) in [7, 11) is 0. The zero-order valence-electron chi connectivity index (χ0n) is 10.1. The van der Waals surface area contributed by atoms with E-state index in [0.717, 1.165) is 17.7 Å². The molecule has 2 heteroatoms. The van der Waals surface area contributed by atoms with Gasteiger partial charge in [-0.15, -0.1) is 6.58 Å². The Hall–Kier alpha value is -1.28. The third kappa shape index (κ3) is 3.70. The molecule has 0 bridgehead atoms. The number of nitrogens with one attached hydrogen (secondary N) is 1. The van der Waals surface area contributed by atoms with Crippen molar-refractivity contribution < 1.29 is 5.11 Å². The van der Waals surface area contributed by atoms with Gasteiger partial charge in [0.1, 0.15) is 0 Å². The van der Waals surface area contributed by atoms with E-state index in [1.54, 1.807) is 0 Å². The van der Waals surface area contributed by atoms with Crippen LogP contribution in [0.1, 0.15) is 25.8 Å². The Balaban J connectivity index is 2.61. The fourth-order valence-electron chi connectivity index (χ4n) is 1.63. The van der Waals surface area contributed by atoms with Gasteiger partial charge in [0.05, 0.1) is 6.61 Å². The minimum absolute atomic E-state index is 0.0894. The van der Waals surface area contributed by atoms with Crippen molar-refractivity contribution in [2.45, 2.75) is 32.9 Å². The quantitative estimate of drug-likeness (QED) is 0.720. The number of rotatable bonds is 6. The van der Waals surface area contributed by atoms with Gasteiger partial charge in [-0.1, -0.05) is 25.1 Å². The summed E-state index contributed by atoms with van der Waals surface area (Å²) in [5.74, 6) is 0.551. The molecular formula is C14H21NO. The lowest BCUT2D eigenvalue weighted by Gasteiger charge is -2.21. The molecule has 0 aliphatic carbocycles. The van der Waals surface area contributed by atoms with E-state index in [1.165, 1.54) is 0 Å². The van der Waals surface area contributed by atoms with E-state index in [0.29, 0.717) is 12.0 Å². The van der Waals surface area contributed by atoms with Crippen molar-refractivity contribution in [1.82, 2.24) is 0 Å². The first kappa shape index (κ1) is 12.8. The lowest BCUT2D eigenvalue weighted by atomic mass is 9.99. The third-order valence-corrected chi connectivity index (χ3v) is 2.90. The molecule has 2 N–H and O–H groups in total. The number of aliphatic hydroxyl groups excluding tert-OH is 1. The molecule has 0 spiro atoms. The van der Waals surface area contributed by atoms with Crippen molar-refractivity contribution in [3.8, 4) is 0 Å². The largest absolute Gasteiger partial charge is 0.392 e. The lowest BCUT2D eigenvalue weighted by Crippen LogP contribution is -2.23. The molecule has 2 nitrogen and oxygen atoms in total. The van der Waals surface area contributed by atoms with Gasteiger partial charge in [-0.25, -0.2) is 0 Å². The van der Waals surface area contributed by atoms with Crippen molar-refractivity contribution in [2.75, 3.05) is 5.32 Å². The molecule has 0 saturated carbocycles. The van der Waals surface area contributed by atoms with Gasteiger partial charge in [-0.05, 0) is 37.0 Å². The monoisotopic (exact) mass is 219 g/mol.